The van der Waals surface area contributed by atoms with Gasteiger partial charge in [-0.05, 0) is 18.1 Å². The van der Waals surface area contributed by atoms with E-state index in [0.717, 1.165) is 5.56 Å². The van der Waals surface area contributed by atoms with Gasteiger partial charge in [0.05, 0.1) is 0 Å². The average Bonchev–Trinajstić information content (AvgIpc) is 2.56. The molecule has 0 aliphatic heterocycles. The van der Waals surface area contributed by atoms with Crippen molar-refractivity contribution < 1.29 is 9.59 Å². The maximum Gasteiger partial charge on any atom is 0.243 e. The lowest BCUT2D eigenvalue weighted by Gasteiger charge is -2.17. The zero-order valence-corrected chi connectivity index (χ0v) is 12.4. The number of carbonyl (C=O) groups is 2. The van der Waals surface area contributed by atoms with Gasteiger partial charge in [0, 0.05) is 18.0 Å². The molecule has 3 heteroatoms. The second-order valence-electron chi connectivity index (χ2n) is 5.09. The first-order valence-corrected chi connectivity index (χ1v) is 7.24. The van der Waals surface area contributed by atoms with E-state index in [-0.39, 0.29) is 24.2 Å². The van der Waals surface area contributed by atoms with E-state index in [4.69, 9.17) is 0 Å². The van der Waals surface area contributed by atoms with Gasteiger partial charge in [-0.15, -0.1) is 0 Å². The second-order valence-corrected chi connectivity index (χ2v) is 5.09. The minimum atomic E-state index is -0.262. The Hall–Kier alpha value is -2.68. The molecule has 0 spiro atoms. The minimum Gasteiger partial charge on any atom is -0.349 e. The minimum absolute atomic E-state index is 0.0193. The first-order valence-electron chi connectivity index (χ1n) is 7.24. The van der Waals surface area contributed by atoms with Crippen LogP contribution in [0.25, 0.3) is 0 Å². The Morgan fingerprint density at radius 3 is 2.18 bits per heavy atom. The fourth-order valence-corrected chi connectivity index (χ4v) is 2.30. The van der Waals surface area contributed by atoms with Gasteiger partial charge in [0.1, 0.15) is 0 Å². The van der Waals surface area contributed by atoms with E-state index >= 15 is 0 Å². The SMILES string of the molecule is C=CC(=O)NC(CC(=O)c1ccccc1)Cc1ccccc1. The van der Waals surface area contributed by atoms with Crippen LogP contribution in [0.5, 0.6) is 0 Å². The van der Waals surface area contributed by atoms with Gasteiger partial charge in [0.2, 0.25) is 5.91 Å². The number of benzene rings is 2. The molecular weight excluding hydrogens is 274 g/mol. The molecule has 0 fully saturated rings. The van der Waals surface area contributed by atoms with Crippen LogP contribution >= 0.6 is 0 Å². The topological polar surface area (TPSA) is 46.2 Å². The van der Waals surface area contributed by atoms with Crippen molar-refractivity contribution in [1.29, 1.82) is 0 Å². The van der Waals surface area contributed by atoms with Gasteiger partial charge in [-0.25, -0.2) is 0 Å². The Morgan fingerprint density at radius 2 is 1.59 bits per heavy atom. The monoisotopic (exact) mass is 293 g/mol. The van der Waals surface area contributed by atoms with Crippen LogP contribution in [0.1, 0.15) is 22.3 Å². The van der Waals surface area contributed by atoms with Crippen LogP contribution in [-0.4, -0.2) is 17.7 Å². The average molecular weight is 293 g/mol. The lowest BCUT2D eigenvalue weighted by Crippen LogP contribution is -2.37. The summed E-state index contributed by atoms with van der Waals surface area (Å²) in [5, 5.41) is 2.84. The molecule has 22 heavy (non-hydrogen) atoms. The Morgan fingerprint density at radius 1 is 1.00 bits per heavy atom. The molecule has 1 atom stereocenters. The van der Waals surface area contributed by atoms with E-state index in [2.05, 4.69) is 11.9 Å². The number of amides is 1. The zero-order valence-electron chi connectivity index (χ0n) is 12.4. The molecule has 0 heterocycles. The Labute approximate surface area is 130 Å². The number of hydrogen-bond acceptors (Lipinski definition) is 2. The van der Waals surface area contributed by atoms with E-state index in [1.54, 1.807) is 12.1 Å². The first kappa shape index (κ1) is 15.7. The van der Waals surface area contributed by atoms with Crippen LogP contribution in [0, 0.1) is 0 Å². The predicted molar refractivity (Wildman–Crippen MR) is 87.7 cm³/mol. The fraction of sp³-hybridized carbons (Fsp3) is 0.158. The van der Waals surface area contributed by atoms with Gasteiger partial charge in [0.15, 0.2) is 5.78 Å². The van der Waals surface area contributed by atoms with Crippen LogP contribution in [0.2, 0.25) is 0 Å². The van der Waals surface area contributed by atoms with Crippen molar-refractivity contribution in [3.8, 4) is 0 Å². The number of ketones is 1. The van der Waals surface area contributed by atoms with Gasteiger partial charge in [-0.2, -0.15) is 0 Å². The summed E-state index contributed by atoms with van der Waals surface area (Å²) >= 11 is 0. The van der Waals surface area contributed by atoms with Crippen molar-refractivity contribution >= 4 is 11.7 Å². The summed E-state index contributed by atoms with van der Waals surface area (Å²) < 4.78 is 0. The molecule has 0 bridgehead atoms. The van der Waals surface area contributed by atoms with Crippen molar-refractivity contribution in [3.63, 3.8) is 0 Å². The van der Waals surface area contributed by atoms with E-state index < -0.39 is 0 Å². The van der Waals surface area contributed by atoms with Crippen LogP contribution in [0.3, 0.4) is 0 Å². The van der Waals surface area contributed by atoms with Gasteiger partial charge in [0.25, 0.3) is 0 Å². The van der Waals surface area contributed by atoms with Gasteiger partial charge in [-0.3, -0.25) is 9.59 Å². The highest BCUT2D eigenvalue weighted by molar-refractivity contribution is 5.97. The summed E-state index contributed by atoms with van der Waals surface area (Å²) in [5.74, 6) is -0.243. The number of nitrogens with one attached hydrogen (secondary N) is 1. The highest BCUT2D eigenvalue weighted by Gasteiger charge is 2.17. The summed E-state index contributed by atoms with van der Waals surface area (Å²) in [5.41, 5.74) is 1.74. The maximum absolute atomic E-state index is 12.3. The summed E-state index contributed by atoms with van der Waals surface area (Å²) in [6, 6.07) is 18.7. The largest absolute Gasteiger partial charge is 0.349 e. The zero-order chi connectivity index (χ0) is 15.8. The van der Waals surface area contributed by atoms with Crippen LogP contribution in [-0.2, 0) is 11.2 Å². The molecule has 1 N–H and O–H groups in total. The van der Waals surface area contributed by atoms with Crippen LogP contribution in [0.4, 0.5) is 0 Å². The van der Waals surface area contributed by atoms with E-state index in [9.17, 15) is 9.59 Å². The fourth-order valence-electron chi connectivity index (χ4n) is 2.30. The standard InChI is InChI=1S/C19H19NO2/c1-2-19(22)20-17(13-15-9-5-3-6-10-15)14-18(21)16-11-7-4-8-12-16/h2-12,17H,1,13-14H2,(H,20,22). The summed E-state index contributed by atoms with van der Waals surface area (Å²) in [6.07, 6.45) is 2.10. The highest BCUT2D eigenvalue weighted by Crippen LogP contribution is 2.10. The number of rotatable bonds is 7. The molecule has 0 aliphatic carbocycles. The molecule has 0 aromatic heterocycles. The molecular formula is C19H19NO2. The van der Waals surface area contributed by atoms with Crippen molar-refractivity contribution in [2.45, 2.75) is 18.9 Å². The van der Waals surface area contributed by atoms with E-state index in [1.807, 2.05) is 48.5 Å². The lowest BCUT2D eigenvalue weighted by molar-refractivity contribution is -0.117. The van der Waals surface area contributed by atoms with Crippen molar-refractivity contribution in [3.05, 3.63) is 84.4 Å². The molecule has 0 saturated carbocycles. The Bertz CT molecular complexity index is 635. The van der Waals surface area contributed by atoms with Crippen molar-refractivity contribution in [2.75, 3.05) is 0 Å². The Balaban J connectivity index is 2.08. The Kier molecular flexibility index (Phi) is 5.66. The number of hydrogen-bond donors (Lipinski definition) is 1. The summed E-state index contributed by atoms with van der Waals surface area (Å²) in [4.78, 5) is 23.9. The first-order chi connectivity index (χ1) is 10.7. The third-order valence-electron chi connectivity index (χ3n) is 3.38. The molecule has 1 amide bonds. The van der Waals surface area contributed by atoms with E-state index in [0.29, 0.717) is 12.0 Å². The van der Waals surface area contributed by atoms with E-state index in [1.165, 1.54) is 6.08 Å². The van der Waals surface area contributed by atoms with Gasteiger partial charge < -0.3 is 5.32 Å². The highest BCUT2D eigenvalue weighted by atomic mass is 16.1. The van der Waals surface area contributed by atoms with Crippen LogP contribution in [0.15, 0.2) is 73.3 Å². The molecule has 2 aromatic carbocycles. The molecule has 112 valence electrons. The molecule has 3 nitrogen and oxygen atoms in total. The normalized spacial score (nSPS) is 11.5. The molecule has 1 unspecified atom stereocenters. The van der Waals surface area contributed by atoms with Crippen molar-refractivity contribution in [1.82, 2.24) is 5.32 Å². The predicted octanol–water partition coefficient (Wildman–Crippen LogP) is 3.17. The quantitative estimate of drug-likeness (QED) is 0.629. The molecule has 2 aromatic rings. The third-order valence-corrected chi connectivity index (χ3v) is 3.38. The second kappa shape index (κ2) is 7.93. The summed E-state index contributed by atoms with van der Waals surface area (Å²) in [7, 11) is 0. The number of Topliss-reactive ketones (excluding diaryl/α,β-unsaturated/α-hetero) is 1. The van der Waals surface area contributed by atoms with Crippen LogP contribution < -0.4 is 5.32 Å². The number of carbonyl (C=O) groups excluding carboxylic acids is 2. The third kappa shape index (κ3) is 4.70. The molecule has 0 aliphatic rings. The molecule has 2 rings (SSSR count). The molecule has 0 radical (unpaired) electrons. The van der Waals surface area contributed by atoms with Gasteiger partial charge in [-0.1, -0.05) is 67.2 Å². The molecule has 0 saturated heterocycles. The summed E-state index contributed by atoms with van der Waals surface area (Å²) in [6.45, 7) is 3.46. The maximum atomic E-state index is 12.3. The van der Waals surface area contributed by atoms with Crippen molar-refractivity contribution in [2.24, 2.45) is 0 Å². The smallest absolute Gasteiger partial charge is 0.243 e. The lowest BCUT2D eigenvalue weighted by atomic mass is 9.98. The van der Waals surface area contributed by atoms with Gasteiger partial charge >= 0.3 is 0 Å².